The van der Waals surface area contributed by atoms with Gasteiger partial charge in [0.05, 0.1) is 23.3 Å². The summed E-state index contributed by atoms with van der Waals surface area (Å²) in [5.41, 5.74) is 17.9. The van der Waals surface area contributed by atoms with Gasteiger partial charge in [0.2, 0.25) is 0 Å². The lowest BCUT2D eigenvalue weighted by Crippen LogP contribution is -2.28. The average Bonchev–Trinajstić information content (AvgIpc) is 3.99. The first-order valence-electron chi connectivity index (χ1n) is 25.2. The number of rotatable bonds is 7. The molecule has 0 radical (unpaired) electrons. The molecule has 0 saturated heterocycles. The summed E-state index contributed by atoms with van der Waals surface area (Å²) in [5, 5.41) is 1.99. The van der Waals surface area contributed by atoms with Gasteiger partial charge in [-0.25, -0.2) is 0 Å². The van der Waals surface area contributed by atoms with Crippen LogP contribution in [0.3, 0.4) is 0 Å². The Kier molecular flexibility index (Phi) is 7.41. The van der Waals surface area contributed by atoms with E-state index in [1.807, 2.05) is 23.1 Å². The van der Waals surface area contributed by atoms with E-state index in [4.69, 9.17) is 4.11 Å². The second kappa shape index (κ2) is 14.7. The standard InChI is InChI=1S/C64H46N2/c1-63(2)57-27-15-12-24-51(57)54-37-35-50(42-60(54)63)65(47-20-8-4-9-21-47)49-36-39-62-56(41-49)55-40-44(32-38-61(55)66(62)48-22-10-5-11-23-48)43-30-33-46(34-31-43)64(45-18-6-3-7-19-45)58-28-16-13-25-52(58)53-26-14-17-29-59(53)64/h3-42H,1-2H3/i4D,8D,9D,20D,21D. The molecule has 0 saturated carbocycles. The summed E-state index contributed by atoms with van der Waals surface area (Å²) in [6, 6.07) is 73.8. The maximum Gasteiger partial charge on any atom is 0.0713 e. The molecule has 0 spiro atoms. The van der Waals surface area contributed by atoms with E-state index in [-0.39, 0.29) is 35.3 Å². The molecular formula is C64H46N2. The number of hydrogen-bond donors (Lipinski definition) is 0. The van der Waals surface area contributed by atoms with Crippen LogP contribution in [-0.2, 0) is 10.8 Å². The van der Waals surface area contributed by atoms with Crippen LogP contribution in [0.4, 0.5) is 17.1 Å². The largest absolute Gasteiger partial charge is 0.310 e. The smallest absolute Gasteiger partial charge is 0.0713 e. The number of aromatic nitrogens is 1. The molecule has 2 aliphatic carbocycles. The highest BCUT2D eigenvalue weighted by Crippen LogP contribution is 2.56. The van der Waals surface area contributed by atoms with Crippen molar-refractivity contribution in [3.8, 4) is 39.1 Å². The molecule has 0 fully saturated rings. The molecule has 0 aliphatic heterocycles. The molecule has 2 heteroatoms. The second-order valence-electron chi connectivity index (χ2n) is 18.1. The van der Waals surface area contributed by atoms with Gasteiger partial charge in [0.1, 0.15) is 0 Å². The van der Waals surface area contributed by atoms with Crippen LogP contribution in [0.1, 0.15) is 54.1 Å². The van der Waals surface area contributed by atoms with Gasteiger partial charge in [-0.1, -0.05) is 190 Å². The summed E-state index contributed by atoms with van der Waals surface area (Å²) in [6.45, 7) is 4.44. The van der Waals surface area contributed by atoms with Gasteiger partial charge in [0.25, 0.3) is 0 Å². The number of anilines is 3. The Morgan fingerprint density at radius 3 is 1.58 bits per heavy atom. The van der Waals surface area contributed by atoms with Crippen molar-refractivity contribution in [2.75, 3.05) is 4.90 Å². The van der Waals surface area contributed by atoms with E-state index in [0.29, 0.717) is 11.4 Å². The van der Waals surface area contributed by atoms with Gasteiger partial charge in [0.15, 0.2) is 0 Å². The average molecular weight is 848 g/mol. The van der Waals surface area contributed by atoms with E-state index >= 15 is 0 Å². The highest BCUT2D eigenvalue weighted by molar-refractivity contribution is 6.12. The van der Waals surface area contributed by atoms with Gasteiger partial charge in [-0.15, -0.1) is 0 Å². The predicted octanol–water partition coefficient (Wildman–Crippen LogP) is 16.6. The third-order valence-corrected chi connectivity index (χ3v) is 14.4. The molecule has 0 bridgehead atoms. The van der Waals surface area contributed by atoms with Crippen molar-refractivity contribution < 1.29 is 6.85 Å². The van der Waals surface area contributed by atoms with Crippen molar-refractivity contribution in [2.24, 2.45) is 0 Å². The first-order chi connectivity index (χ1) is 34.6. The minimum absolute atomic E-state index is 0.0944. The lowest BCUT2D eigenvalue weighted by molar-refractivity contribution is 0.660. The molecule has 0 unspecified atom stereocenters. The zero-order valence-corrected chi connectivity index (χ0v) is 36.6. The lowest BCUT2D eigenvalue weighted by Gasteiger charge is -2.34. The van der Waals surface area contributed by atoms with E-state index in [0.717, 1.165) is 49.7 Å². The zero-order chi connectivity index (χ0) is 48.3. The zero-order valence-electron chi connectivity index (χ0n) is 41.6. The number of hydrogen-bond acceptors (Lipinski definition) is 1. The van der Waals surface area contributed by atoms with Crippen LogP contribution in [0.15, 0.2) is 243 Å². The normalized spacial score (nSPS) is 14.9. The van der Waals surface area contributed by atoms with E-state index in [1.165, 1.54) is 44.5 Å². The van der Waals surface area contributed by atoms with Crippen molar-refractivity contribution in [3.63, 3.8) is 0 Å². The van der Waals surface area contributed by atoms with Gasteiger partial charge < -0.3 is 9.47 Å². The van der Waals surface area contributed by atoms with Crippen LogP contribution in [-0.4, -0.2) is 4.57 Å². The van der Waals surface area contributed by atoms with Crippen molar-refractivity contribution >= 4 is 38.9 Å². The van der Waals surface area contributed by atoms with Crippen LogP contribution in [0.5, 0.6) is 0 Å². The van der Waals surface area contributed by atoms with Crippen LogP contribution in [0.25, 0.3) is 60.9 Å². The summed E-state index contributed by atoms with van der Waals surface area (Å²) in [6.07, 6.45) is 0. The van der Waals surface area contributed by atoms with Crippen molar-refractivity contribution in [3.05, 3.63) is 276 Å². The van der Waals surface area contributed by atoms with Crippen LogP contribution in [0, 0.1) is 0 Å². The fourth-order valence-electron chi connectivity index (χ4n) is 11.4. The van der Waals surface area contributed by atoms with Crippen molar-refractivity contribution in [1.82, 2.24) is 4.57 Å². The molecular weight excluding hydrogens is 797 g/mol. The fourth-order valence-corrected chi connectivity index (χ4v) is 11.4. The Morgan fingerprint density at radius 2 is 0.894 bits per heavy atom. The number of para-hydroxylation sites is 2. The Morgan fingerprint density at radius 1 is 0.394 bits per heavy atom. The molecule has 10 aromatic carbocycles. The Balaban J connectivity index is 1.01. The van der Waals surface area contributed by atoms with Crippen LogP contribution >= 0.6 is 0 Å². The summed E-state index contributed by atoms with van der Waals surface area (Å²) >= 11 is 0. The first kappa shape index (κ1) is 33.3. The molecule has 2 aliphatic rings. The molecule has 2 nitrogen and oxygen atoms in total. The monoisotopic (exact) mass is 847 g/mol. The third kappa shape index (κ3) is 5.55. The van der Waals surface area contributed by atoms with Gasteiger partial charge in [-0.2, -0.15) is 0 Å². The van der Waals surface area contributed by atoms with E-state index < -0.39 is 11.5 Å². The SMILES string of the molecule is [2H]c1c([2H])c([2H])c(N(c2ccc3c(c2)C(C)(C)c2ccccc2-3)c2ccc3c(c2)c2cc(-c4ccc(C5(c6ccccc6)c6ccccc6-c6ccccc65)cc4)ccc2n3-c2ccccc2)c([2H])c1[2H]. The Bertz CT molecular complexity index is 3890. The first-order valence-corrected chi connectivity index (χ1v) is 22.7. The highest BCUT2D eigenvalue weighted by Gasteiger charge is 2.45. The number of benzene rings is 10. The fraction of sp³-hybridized carbons (Fsp3) is 0.0625. The van der Waals surface area contributed by atoms with Crippen LogP contribution < -0.4 is 4.90 Å². The van der Waals surface area contributed by atoms with Gasteiger partial charge in [-0.05, 0) is 133 Å². The molecule has 13 rings (SSSR count). The molecule has 312 valence electrons. The minimum atomic E-state index is -0.499. The summed E-state index contributed by atoms with van der Waals surface area (Å²) < 4.78 is 47.1. The molecule has 0 atom stereocenters. The third-order valence-electron chi connectivity index (χ3n) is 14.4. The topological polar surface area (TPSA) is 8.17 Å². The predicted molar refractivity (Wildman–Crippen MR) is 276 cm³/mol. The molecule has 1 aromatic heterocycles. The lowest BCUT2D eigenvalue weighted by atomic mass is 9.67. The molecule has 0 amide bonds. The highest BCUT2D eigenvalue weighted by atomic mass is 15.1. The van der Waals surface area contributed by atoms with E-state index in [1.54, 1.807) is 0 Å². The van der Waals surface area contributed by atoms with E-state index in [2.05, 4.69) is 213 Å². The Labute approximate surface area is 393 Å². The maximum atomic E-state index is 9.32. The maximum absolute atomic E-state index is 9.32. The Hall–Kier alpha value is -8.20. The van der Waals surface area contributed by atoms with Crippen molar-refractivity contribution in [2.45, 2.75) is 24.7 Å². The van der Waals surface area contributed by atoms with Crippen molar-refractivity contribution in [1.29, 1.82) is 0 Å². The molecule has 11 aromatic rings. The van der Waals surface area contributed by atoms with Crippen LogP contribution in [0.2, 0.25) is 0 Å². The quantitative estimate of drug-likeness (QED) is 0.155. The molecule has 0 N–H and O–H groups in total. The molecule has 1 heterocycles. The van der Waals surface area contributed by atoms with Gasteiger partial charge in [0, 0.05) is 38.9 Å². The van der Waals surface area contributed by atoms with E-state index in [9.17, 15) is 2.74 Å². The van der Waals surface area contributed by atoms with Gasteiger partial charge >= 0.3 is 0 Å². The summed E-state index contributed by atoms with van der Waals surface area (Å²) in [4.78, 5) is 1.86. The van der Waals surface area contributed by atoms with Gasteiger partial charge in [-0.3, -0.25) is 0 Å². The minimum Gasteiger partial charge on any atom is -0.310 e. The number of fused-ring (bicyclic) bond motifs is 9. The molecule has 66 heavy (non-hydrogen) atoms. The second-order valence-corrected chi connectivity index (χ2v) is 18.1. The summed E-state index contributed by atoms with van der Waals surface area (Å²) in [7, 11) is 0. The summed E-state index contributed by atoms with van der Waals surface area (Å²) in [5.74, 6) is 0. The number of nitrogens with zero attached hydrogens (tertiary/aromatic N) is 2.